The number of hydrogen-bond donors (Lipinski definition) is 4. The van der Waals surface area contributed by atoms with Gasteiger partial charge in [0.25, 0.3) is 0 Å². The second-order valence-electron chi connectivity index (χ2n) is 6.58. The van der Waals surface area contributed by atoms with Crippen LogP contribution < -0.4 is 10.5 Å². The Hall–Kier alpha value is -1.90. The van der Waals surface area contributed by atoms with E-state index in [1.54, 1.807) is 13.8 Å². The van der Waals surface area contributed by atoms with Gasteiger partial charge < -0.3 is 19.9 Å². The van der Waals surface area contributed by atoms with Gasteiger partial charge in [-0.1, -0.05) is 0 Å². The highest BCUT2D eigenvalue weighted by atomic mass is 32.2. The van der Waals surface area contributed by atoms with E-state index in [9.17, 15) is 8.42 Å². The van der Waals surface area contributed by atoms with Crippen molar-refractivity contribution in [1.29, 1.82) is 0 Å². The van der Waals surface area contributed by atoms with Crippen molar-refractivity contribution >= 4 is 27.2 Å². The molecule has 2 aromatic rings. The fraction of sp³-hybridized carbons (Fsp3) is 0.615. The van der Waals surface area contributed by atoms with Gasteiger partial charge in [-0.2, -0.15) is 18.2 Å². The number of fused-ring (bicyclic) bond motifs is 2. The minimum Gasteiger partial charge on any atom is -0.382 e. The maximum atomic E-state index is 11.0. The zero-order valence-electron chi connectivity index (χ0n) is 13.9. The first kappa shape index (κ1) is 17.5. The molecule has 0 spiro atoms. The lowest BCUT2D eigenvalue weighted by Crippen LogP contribution is -2.39. The lowest BCUT2D eigenvalue weighted by atomic mass is 10.1. The Morgan fingerprint density at radius 2 is 2.04 bits per heavy atom. The van der Waals surface area contributed by atoms with Crippen LogP contribution in [0.15, 0.2) is 6.33 Å². The largest absolute Gasteiger partial charge is 0.382 e. The van der Waals surface area contributed by atoms with Crippen LogP contribution >= 0.6 is 0 Å². The van der Waals surface area contributed by atoms with Crippen LogP contribution in [0, 0.1) is 0 Å². The van der Waals surface area contributed by atoms with Gasteiger partial charge in [-0.15, -0.1) is 0 Å². The topological polar surface area (TPSA) is 175 Å². The van der Waals surface area contributed by atoms with Gasteiger partial charge >= 0.3 is 10.3 Å². The lowest BCUT2D eigenvalue weighted by Gasteiger charge is -2.23. The second-order valence-corrected chi connectivity index (χ2v) is 7.82. The normalized spacial score (nSPS) is 30.7. The van der Waals surface area contributed by atoms with Crippen LogP contribution in [0.5, 0.6) is 0 Å². The number of aromatic nitrogens is 4. The third kappa shape index (κ3) is 3.02. The Kier molecular flexibility index (Phi) is 3.91. The van der Waals surface area contributed by atoms with Crippen molar-refractivity contribution in [2.75, 3.05) is 12.3 Å². The quantitative estimate of drug-likeness (QED) is 0.491. The van der Waals surface area contributed by atoms with Gasteiger partial charge in [-0.05, 0) is 13.8 Å². The molecule has 2 aliphatic heterocycles. The van der Waals surface area contributed by atoms with E-state index < -0.39 is 40.5 Å². The smallest absolute Gasteiger partial charge is 0.333 e. The summed E-state index contributed by atoms with van der Waals surface area (Å²) in [6, 6.07) is 0. The summed E-state index contributed by atoms with van der Waals surface area (Å²) in [7, 11) is -4.36. The molecule has 0 amide bonds. The first-order valence-corrected chi connectivity index (χ1v) is 9.26. The molecule has 26 heavy (non-hydrogen) atoms. The predicted molar refractivity (Wildman–Crippen MR) is 87.1 cm³/mol. The second kappa shape index (κ2) is 5.80. The molecule has 12 nitrogen and oxygen atoms in total. The van der Waals surface area contributed by atoms with E-state index in [4.69, 9.17) is 24.5 Å². The number of nitrogens with one attached hydrogen (secondary N) is 2. The molecule has 2 fully saturated rings. The Bertz CT molecular complexity index is 946. The summed E-state index contributed by atoms with van der Waals surface area (Å²) in [5, 5.41) is 6.97. The molecule has 4 atom stereocenters. The summed E-state index contributed by atoms with van der Waals surface area (Å²) in [6.45, 7) is 3.32. The number of H-pyrrole nitrogens is 1. The molecule has 0 aliphatic carbocycles. The molecule has 2 saturated heterocycles. The summed E-state index contributed by atoms with van der Waals surface area (Å²) in [5.74, 6) is -0.655. The molecule has 4 heterocycles. The minimum atomic E-state index is -4.36. The average Bonchev–Trinajstić information content (AvgIpc) is 3.16. The highest BCUT2D eigenvalue weighted by Gasteiger charge is 2.56. The number of nitrogens with zero attached hydrogens (tertiary/aromatic N) is 3. The summed E-state index contributed by atoms with van der Waals surface area (Å²) in [5.41, 5.74) is 7.22. The Morgan fingerprint density at radius 1 is 1.31 bits per heavy atom. The van der Waals surface area contributed by atoms with Crippen LogP contribution in [-0.4, -0.2) is 63.8 Å². The van der Waals surface area contributed by atoms with Crippen molar-refractivity contribution in [3.05, 3.63) is 12.0 Å². The van der Waals surface area contributed by atoms with E-state index in [1.165, 1.54) is 6.33 Å². The maximum Gasteiger partial charge on any atom is 0.333 e. The zero-order chi connectivity index (χ0) is 18.7. The average molecular weight is 386 g/mol. The molecular formula is C13H18N6O6S. The monoisotopic (exact) mass is 386 g/mol. The summed E-state index contributed by atoms with van der Waals surface area (Å²) < 4.78 is 50.7. The van der Waals surface area contributed by atoms with Crippen molar-refractivity contribution in [3.63, 3.8) is 0 Å². The summed E-state index contributed by atoms with van der Waals surface area (Å²) in [4.78, 5) is 8.09. The molecule has 0 radical (unpaired) electrons. The van der Waals surface area contributed by atoms with Crippen LogP contribution in [0.3, 0.4) is 0 Å². The van der Waals surface area contributed by atoms with Gasteiger partial charge in [0.1, 0.15) is 36.3 Å². The van der Waals surface area contributed by atoms with Gasteiger partial charge in [0.05, 0.1) is 5.69 Å². The molecule has 4 rings (SSSR count). The van der Waals surface area contributed by atoms with Crippen molar-refractivity contribution in [2.24, 2.45) is 0 Å². The van der Waals surface area contributed by atoms with Crippen molar-refractivity contribution in [1.82, 2.24) is 24.9 Å². The van der Waals surface area contributed by atoms with Crippen molar-refractivity contribution < 1.29 is 27.2 Å². The fourth-order valence-corrected chi connectivity index (χ4v) is 3.71. The van der Waals surface area contributed by atoms with E-state index in [1.807, 2.05) is 4.72 Å². The Balaban J connectivity index is 1.68. The number of ether oxygens (including phenoxy) is 3. The molecule has 2 aromatic heterocycles. The summed E-state index contributed by atoms with van der Waals surface area (Å²) >= 11 is 0. The van der Waals surface area contributed by atoms with Gasteiger partial charge in [0.15, 0.2) is 17.1 Å². The van der Waals surface area contributed by atoms with E-state index in [0.29, 0.717) is 16.7 Å². The molecule has 142 valence electrons. The van der Waals surface area contributed by atoms with Crippen molar-refractivity contribution in [2.45, 2.75) is 44.1 Å². The van der Waals surface area contributed by atoms with E-state index in [2.05, 4.69) is 20.2 Å². The van der Waals surface area contributed by atoms with E-state index >= 15 is 0 Å². The number of nitrogens with two attached hydrogens (primary N) is 1. The van der Waals surface area contributed by atoms with E-state index in [-0.39, 0.29) is 12.4 Å². The molecule has 1 unspecified atom stereocenters. The third-order valence-corrected chi connectivity index (χ3v) is 4.83. The van der Waals surface area contributed by atoms with Gasteiger partial charge in [0, 0.05) is 6.54 Å². The van der Waals surface area contributed by atoms with Crippen LogP contribution in [-0.2, 0) is 24.5 Å². The third-order valence-electron chi connectivity index (χ3n) is 4.30. The first-order valence-electron chi connectivity index (χ1n) is 7.82. The van der Waals surface area contributed by atoms with Crippen LogP contribution in [0.4, 0.5) is 5.82 Å². The standard InChI is InChI=1S/C13H18N6O6S/c1-13(2)24-9-5(3-17-26(20,21)22)23-10(11(9)25-13)7-6-8(19-18-7)12(14)16-4-15-6/h4-5,9-11,17H,3H2,1-2H3,(H,18,19)(H2,14,15,16)(H,20,21,22)/t5-,9-,10?,11-/m1/s1. The van der Waals surface area contributed by atoms with Gasteiger partial charge in [0.2, 0.25) is 0 Å². The molecule has 0 aromatic carbocycles. The predicted octanol–water partition coefficient (Wildman–Crippen LogP) is -0.712. The van der Waals surface area contributed by atoms with Gasteiger partial charge in [-0.3, -0.25) is 9.65 Å². The number of rotatable bonds is 4. The SMILES string of the molecule is CC1(C)O[C@@H]2[C@@H](CNS(=O)(=O)O)OC(c3[nH]nc4c(N)ncnc34)[C@@H]2O1. The molecule has 0 bridgehead atoms. The lowest BCUT2D eigenvalue weighted by molar-refractivity contribution is -0.187. The molecule has 13 heteroatoms. The van der Waals surface area contributed by atoms with Crippen LogP contribution in [0.2, 0.25) is 0 Å². The van der Waals surface area contributed by atoms with Gasteiger partial charge in [-0.25, -0.2) is 9.97 Å². The molecule has 0 saturated carbocycles. The highest BCUT2D eigenvalue weighted by molar-refractivity contribution is 7.83. The summed E-state index contributed by atoms with van der Waals surface area (Å²) in [6.07, 6.45) is -1.10. The molecule has 5 N–H and O–H groups in total. The molecule has 2 aliphatic rings. The Labute approximate surface area is 148 Å². The number of anilines is 1. The first-order chi connectivity index (χ1) is 12.1. The van der Waals surface area contributed by atoms with E-state index in [0.717, 1.165) is 0 Å². The maximum absolute atomic E-state index is 11.0. The fourth-order valence-electron chi connectivity index (χ4n) is 3.33. The molecular weight excluding hydrogens is 368 g/mol. The van der Waals surface area contributed by atoms with Crippen LogP contribution in [0.1, 0.15) is 25.6 Å². The zero-order valence-corrected chi connectivity index (χ0v) is 14.7. The number of aromatic amines is 1. The minimum absolute atomic E-state index is 0.181. The highest BCUT2D eigenvalue weighted by Crippen LogP contribution is 2.45. The number of nitrogen functional groups attached to an aromatic ring is 1. The van der Waals surface area contributed by atoms with Crippen molar-refractivity contribution in [3.8, 4) is 0 Å². The number of hydrogen-bond acceptors (Lipinski definition) is 9. The van der Waals surface area contributed by atoms with Crippen LogP contribution in [0.25, 0.3) is 11.0 Å². The Morgan fingerprint density at radius 3 is 2.77 bits per heavy atom.